The maximum absolute atomic E-state index is 10.6. The third kappa shape index (κ3) is 4.06. The molecule has 112 valence electrons. The number of aryl methyl sites for hydroxylation is 1. The Hall–Kier alpha value is -0.870. The van der Waals surface area contributed by atoms with Crippen molar-refractivity contribution >= 4 is 17.3 Å². The fourth-order valence-electron chi connectivity index (χ4n) is 2.95. The molecule has 0 bridgehead atoms. The summed E-state index contributed by atoms with van der Waals surface area (Å²) in [7, 11) is 0. The fraction of sp³-hybridized carbons (Fsp3) is 0.688. The third-order valence-electron chi connectivity index (χ3n) is 4.41. The van der Waals surface area contributed by atoms with Crippen LogP contribution in [0.4, 0.5) is 0 Å². The molecule has 1 unspecified atom stereocenters. The van der Waals surface area contributed by atoms with Gasteiger partial charge >= 0.3 is 5.97 Å². The predicted molar refractivity (Wildman–Crippen MR) is 83.3 cm³/mol. The minimum absolute atomic E-state index is 0.324. The molecule has 0 radical (unpaired) electrons. The average molecular weight is 295 g/mol. The molecular weight excluding hydrogens is 270 g/mol. The van der Waals surface area contributed by atoms with Gasteiger partial charge in [0, 0.05) is 22.2 Å². The quantitative estimate of drug-likeness (QED) is 0.864. The zero-order chi connectivity index (χ0) is 14.5. The molecule has 1 aromatic heterocycles. The van der Waals surface area contributed by atoms with Gasteiger partial charge in [0.2, 0.25) is 0 Å². The van der Waals surface area contributed by atoms with Crippen molar-refractivity contribution in [3.63, 3.8) is 0 Å². The van der Waals surface area contributed by atoms with Crippen LogP contribution >= 0.6 is 11.3 Å². The Morgan fingerprint density at radius 1 is 1.45 bits per heavy atom. The van der Waals surface area contributed by atoms with Gasteiger partial charge in [-0.1, -0.05) is 6.92 Å². The molecule has 2 heterocycles. The first-order chi connectivity index (χ1) is 9.60. The van der Waals surface area contributed by atoms with Crippen LogP contribution in [0.1, 0.15) is 55.3 Å². The van der Waals surface area contributed by atoms with Gasteiger partial charge in [0.1, 0.15) is 0 Å². The Balaban J connectivity index is 1.82. The number of carbonyl (C=O) groups is 1. The maximum Gasteiger partial charge on any atom is 0.303 e. The first-order valence-corrected chi connectivity index (χ1v) is 8.46. The fourth-order valence-corrected chi connectivity index (χ4v) is 3.98. The SMILES string of the molecule is CCc1ccc(C(C)N2CCC(CCC(=O)O)CC2)s1. The van der Waals surface area contributed by atoms with Crippen molar-refractivity contribution in [3.8, 4) is 0 Å². The highest BCUT2D eigenvalue weighted by Gasteiger charge is 2.24. The number of carboxylic acid groups (broad SMARTS) is 1. The van der Waals surface area contributed by atoms with Crippen LogP contribution in [0.25, 0.3) is 0 Å². The van der Waals surface area contributed by atoms with Gasteiger partial charge in [-0.15, -0.1) is 11.3 Å². The molecule has 0 spiro atoms. The van der Waals surface area contributed by atoms with Gasteiger partial charge in [0.05, 0.1) is 0 Å². The molecule has 0 aromatic carbocycles. The van der Waals surface area contributed by atoms with Crippen LogP contribution in [0.5, 0.6) is 0 Å². The van der Waals surface area contributed by atoms with Gasteiger partial charge in [-0.25, -0.2) is 0 Å². The maximum atomic E-state index is 10.6. The van der Waals surface area contributed by atoms with E-state index >= 15 is 0 Å². The molecular formula is C16H25NO2S. The largest absolute Gasteiger partial charge is 0.481 e. The Kier molecular flexibility index (Phi) is 5.61. The number of likely N-dealkylation sites (tertiary alicyclic amines) is 1. The molecule has 0 amide bonds. The molecule has 0 saturated carbocycles. The van der Waals surface area contributed by atoms with Crippen molar-refractivity contribution in [2.45, 2.75) is 52.0 Å². The lowest BCUT2D eigenvalue weighted by Crippen LogP contribution is -2.35. The highest BCUT2D eigenvalue weighted by atomic mass is 32.1. The van der Waals surface area contributed by atoms with E-state index in [1.165, 1.54) is 9.75 Å². The zero-order valence-electron chi connectivity index (χ0n) is 12.5. The van der Waals surface area contributed by atoms with Crippen LogP contribution in [0.2, 0.25) is 0 Å². The molecule has 1 aliphatic rings. The van der Waals surface area contributed by atoms with Crippen molar-refractivity contribution in [1.82, 2.24) is 4.90 Å². The second kappa shape index (κ2) is 7.23. The lowest BCUT2D eigenvalue weighted by atomic mass is 9.91. The van der Waals surface area contributed by atoms with E-state index in [-0.39, 0.29) is 0 Å². The number of hydrogen-bond donors (Lipinski definition) is 1. The minimum atomic E-state index is -0.661. The van der Waals surface area contributed by atoms with Crippen molar-refractivity contribution in [1.29, 1.82) is 0 Å². The number of nitrogens with zero attached hydrogens (tertiary/aromatic N) is 1. The second-order valence-corrected chi connectivity index (χ2v) is 6.95. The molecule has 3 nitrogen and oxygen atoms in total. The summed E-state index contributed by atoms with van der Waals surface area (Å²) in [6, 6.07) is 5.02. The summed E-state index contributed by atoms with van der Waals surface area (Å²) in [6.07, 6.45) is 4.57. The Morgan fingerprint density at radius 2 is 2.15 bits per heavy atom. The summed E-state index contributed by atoms with van der Waals surface area (Å²) in [5.74, 6) is -0.0597. The van der Waals surface area contributed by atoms with Gasteiger partial charge in [0.15, 0.2) is 0 Å². The second-order valence-electron chi connectivity index (χ2n) is 5.75. The topological polar surface area (TPSA) is 40.5 Å². The smallest absolute Gasteiger partial charge is 0.303 e. The van der Waals surface area contributed by atoms with Crippen LogP contribution in [0.3, 0.4) is 0 Å². The number of hydrogen-bond acceptors (Lipinski definition) is 3. The standard InChI is InChI=1S/C16H25NO2S/c1-3-14-5-6-15(20-14)12(2)17-10-8-13(9-11-17)4-7-16(18)19/h5-6,12-13H,3-4,7-11H2,1-2H3,(H,18,19). The predicted octanol–water partition coefficient (Wildman–Crippen LogP) is 3.95. The monoisotopic (exact) mass is 295 g/mol. The summed E-state index contributed by atoms with van der Waals surface area (Å²) in [5.41, 5.74) is 0. The Morgan fingerprint density at radius 3 is 2.70 bits per heavy atom. The summed E-state index contributed by atoms with van der Waals surface area (Å²) in [6.45, 7) is 6.70. The molecule has 1 N–H and O–H groups in total. The van der Waals surface area contributed by atoms with E-state index in [1.807, 2.05) is 11.3 Å². The van der Waals surface area contributed by atoms with Crippen LogP contribution in [-0.2, 0) is 11.2 Å². The van der Waals surface area contributed by atoms with E-state index < -0.39 is 5.97 Å². The summed E-state index contributed by atoms with van der Waals surface area (Å²) < 4.78 is 0. The van der Waals surface area contributed by atoms with Crippen LogP contribution < -0.4 is 0 Å². The van der Waals surface area contributed by atoms with E-state index in [9.17, 15) is 4.79 Å². The highest BCUT2D eigenvalue weighted by Crippen LogP contribution is 2.32. The van der Waals surface area contributed by atoms with Crippen LogP contribution in [0.15, 0.2) is 12.1 Å². The van der Waals surface area contributed by atoms with E-state index in [0.717, 1.165) is 38.8 Å². The number of piperidine rings is 1. The number of aliphatic carboxylic acids is 1. The summed E-state index contributed by atoms with van der Waals surface area (Å²) >= 11 is 1.93. The Labute approximate surface area is 125 Å². The first kappa shape index (κ1) is 15.5. The van der Waals surface area contributed by atoms with E-state index in [4.69, 9.17) is 5.11 Å². The summed E-state index contributed by atoms with van der Waals surface area (Å²) in [5, 5.41) is 8.75. The van der Waals surface area contributed by atoms with E-state index in [1.54, 1.807) is 0 Å². The van der Waals surface area contributed by atoms with Crippen molar-refractivity contribution in [2.24, 2.45) is 5.92 Å². The molecule has 1 saturated heterocycles. The van der Waals surface area contributed by atoms with E-state index in [2.05, 4.69) is 30.9 Å². The number of thiophene rings is 1. The van der Waals surface area contributed by atoms with Crippen LogP contribution in [-0.4, -0.2) is 29.1 Å². The van der Waals surface area contributed by atoms with E-state index in [0.29, 0.717) is 18.4 Å². The van der Waals surface area contributed by atoms with Gasteiger partial charge in [-0.05, 0) is 63.7 Å². The lowest BCUT2D eigenvalue weighted by Gasteiger charge is -2.35. The molecule has 1 aromatic rings. The molecule has 1 fully saturated rings. The lowest BCUT2D eigenvalue weighted by molar-refractivity contribution is -0.137. The number of carboxylic acids is 1. The van der Waals surface area contributed by atoms with Gasteiger partial charge in [-0.2, -0.15) is 0 Å². The molecule has 20 heavy (non-hydrogen) atoms. The first-order valence-electron chi connectivity index (χ1n) is 7.64. The minimum Gasteiger partial charge on any atom is -0.481 e. The van der Waals surface area contributed by atoms with Gasteiger partial charge in [0.25, 0.3) is 0 Å². The molecule has 2 rings (SSSR count). The Bertz CT molecular complexity index is 435. The average Bonchev–Trinajstić information content (AvgIpc) is 2.94. The van der Waals surface area contributed by atoms with Crippen molar-refractivity contribution in [3.05, 3.63) is 21.9 Å². The molecule has 0 aliphatic carbocycles. The number of rotatable bonds is 6. The molecule has 4 heteroatoms. The highest BCUT2D eigenvalue weighted by molar-refractivity contribution is 7.12. The third-order valence-corrected chi connectivity index (χ3v) is 5.81. The normalized spacial score (nSPS) is 19.1. The van der Waals surface area contributed by atoms with Crippen molar-refractivity contribution < 1.29 is 9.90 Å². The zero-order valence-corrected chi connectivity index (χ0v) is 13.3. The van der Waals surface area contributed by atoms with Gasteiger partial charge in [-0.3, -0.25) is 9.69 Å². The molecule has 1 aliphatic heterocycles. The van der Waals surface area contributed by atoms with Crippen molar-refractivity contribution in [2.75, 3.05) is 13.1 Å². The van der Waals surface area contributed by atoms with Gasteiger partial charge < -0.3 is 5.11 Å². The molecule has 1 atom stereocenters. The summed E-state index contributed by atoms with van der Waals surface area (Å²) in [4.78, 5) is 16.1. The van der Waals surface area contributed by atoms with Crippen LogP contribution in [0, 0.1) is 5.92 Å².